The van der Waals surface area contributed by atoms with Crippen molar-refractivity contribution in [3.63, 3.8) is 0 Å². The van der Waals surface area contributed by atoms with E-state index in [1.54, 1.807) is 0 Å². The lowest BCUT2D eigenvalue weighted by Gasteiger charge is -2.09. The van der Waals surface area contributed by atoms with Gasteiger partial charge in [-0.25, -0.2) is 4.52 Å². The van der Waals surface area contributed by atoms with Crippen LogP contribution in [0.5, 0.6) is 0 Å². The van der Waals surface area contributed by atoms with Gasteiger partial charge in [0.1, 0.15) is 0 Å². The molecule has 0 fully saturated rings. The predicted molar refractivity (Wildman–Crippen MR) is 78.4 cm³/mol. The summed E-state index contributed by atoms with van der Waals surface area (Å²) in [6.45, 7) is 4.23. The maximum atomic E-state index is 6.32. The van der Waals surface area contributed by atoms with Gasteiger partial charge in [-0.15, -0.1) is 0 Å². The number of rotatable bonds is 4. The van der Waals surface area contributed by atoms with Crippen molar-refractivity contribution in [2.75, 3.05) is 0 Å². The standard InChI is InChI=1S/C15H19N5/c1-11(2)19-8-6-12(18-19)9-14(16)13-10-17-20-7-4-3-5-15(13)20/h3-8,10-11,14H,9,16H2,1-2H3. The van der Waals surface area contributed by atoms with E-state index < -0.39 is 0 Å². The molecule has 2 N–H and O–H groups in total. The first-order valence-corrected chi connectivity index (χ1v) is 6.87. The number of pyridine rings is 1. The molecule has 3 aromatic rings. The van der Waals surface area contributed by atoms with E-state index in [4.69, 9.17) is 5.73 Å². The number of fused-ring (bicyclic) bond motifs is 1. The SMILES string of the molecule is CC(C)n1ccc(CC(N)c2cnn3ccccc23)n1. The van der Waals surface area contributed by atoms with Crippen molar-refractivity contribution >= 4 is 5.52 Å². The third-order valence-electron chi connectivity index (χ3n) is 3.48. The molecule has 0 radical (unpaired) electrons. The summed E-state index contributed by atoms with van der Waals surface area (Å²) in [6, 6.07) is 8.31. The van der Waals surface area contributed by atoms with Gasteiger partial charge in [-0.3, -0.25) is 4.68 Å². The van der Waals surface area contributed by atoms with Crippen LogP contribution >= 0.6 is 0 Å². The number of hydrogen-bond acceptors (Lipinski definition) is 3. The molecule has 0 aliphatic rings. The number of nitrogens with zero attached hydrogens (tertiary/aromatic N) is 4. The van der Waals surface area contributed by atoms with Crippen molar-refractivity contribution in [2.24, 2.45) is 5.73 Å². The molecule has 0 aliphatic carbocycles. The highest BCUT2D eigenvalue weighted by Crippen LogP contribution is 2.20. The molecular formula is C15H19N5. The third kappa shape index (κ3) is 2.32. The van der Waals surface area contributed by atoms with E-state index in [9.17, 15) is 0 Å². The van der Waals surface area contributed by atoms with Gasteiger partial charge >= 0.3 is 0 Å². The molecule has 3 heterocycles. The Kier molecular flexibility index (Phi) is 3.28. The van der Waals surface area contributed by atoms with Crippen LogP contribution in [0.4, 0.5) is 0 Å². The third-order valence-corrected chi connectivity index (χ3v) is 3.48. The molecule has 5 nitrogen and oxygen atoms in total. The smallest absolute Gasteiger partial charge is 0.0709 e. The summed E-state index contributed by atoms with van der Waals surface area (Å²) in [5.41, 5.74) is 9.45. The fraction of sp³-hybridized carbons (Fsp3) is 0.333. The Labute approximate surface area is 118 Å². The molecule has 1 unspecified atom stereocenters. The van der Waals surface area contributed by atoms with Gasteiger partial charge in [0.2, 0.25) is 0 Å². The molecule has 20 heavy (non-hydrogen) atoms. The number of hydrogen-bond donors (Lipinski definition) is 1. The fourth-order valence-corrected chi connectivity index (χ4v) is 2.35. The van der Waals surface area contributed by atoms with Crippen molar-refractivity contribution < 1.29 is 0 Å². The zero-order valence-electron chi connectivity index (χ0n) is 11.8. The molecule has 3 aromatic heterocycles. The van der Waals surface area contributed by atoms with Crippen LogP contribution < -0.4 is 5.73 Å². The normalized spacial score (nSPS) is 13.2. The molecule has 0 saturated heterocycles. The highest BCUT2D eigenvalue weighted by molar-refractivity contribution is 5.54. The summed E-state index contributed by atoms with van der Waals surface area (Å²) in [6.07, 6.45) is 6.50. The molecule has 0 bridgehead atoms. The Hall–Kier alpha value is -2.14. The minimum absolute atomic E-state index is 0.0922. The first-order valence-electron chi connectivity index (χ1n) is 6.87. The first-order chi connectivity index (χ1) is 9.65. The zero-order valence-corrected chi connectivity index (χ0v) is 11.8. The molecule has 0 aliphatic heterocycles. The van der Waals surface area contributed by atoms with Gasteiger partial charge in [0.05, 0.1) is 17.4 Å². The Bertz CT molecular complexity index is 710. The quantitative estimate of drug-likeness (QED) is 0.791. The molecule has 3 rings (SSSR count). The number of aromatic nitrogens is 4. The molecular weight excluding hydrogens is 250 g/mol. The minimum atomic E-state index is -0.0922. The Morgan fingerprint density at radius 3 is 2.80 bits per heavy atom. The van der Waals surface area contributed by atoms with Crippen molar-refractivity contribution in [1.29, 1.82) is 0 Å². The second kappa shape index (κ2) is 5.09. The van der Waals surface area contributed by atoms with Crippen LogP contribution in [0, 0.1) is 0 Å². The second-order valence-electron chi connectivity index (χ2n) is 5.32. The predicted octanol–water partition coefficient (Wildman–Crippen LogP) is 2.35. The number of nitrogens with two attached hydrogens (primary N) is 1. The summed E-state index contributed by atoms with van der Waals surface area (Å²) in [7, 11) is 0. The second-order valence-corrected chi connectivity index (χ2v) is 5.32. The van der Waals surface area contributed by atoms with Crippen LogP contribution in [-0.4, -0.2) is 19.4 Å². The van der Waals surface area contributed by atoms with Crippen molar-refractivity contribution in [1.82, 2.24) is 19.4 Å². The van der Waals surface area contributed by atoms with Crippen LogP contribution in [0.15, 0.2) is 42.9 Å². The highest BCUT2D eigenvalue weighted by atomic mass is 15.3. The minimum Gasteiger partial charge on any atom is -0.324 e. The molecule has 1 atom stereocenters. The van der Waals surface area contributed by atoms with E-state index in [0.717, 1.165) is 23.2 Å². The Morgan fingerprint density at radius 2 is 2.05 bits per heavy atom. The highest BCUT2D eigenvalue weighted by Gasteiger charge is 2.14. The van der Waals surface area contributed by atoms with Gasteiger partial charge in [-0.1, -0.05) is 6.07 Å². The van der Waals surface area contributed by atoms with E-state index in [2.05, 4.69) is 24.0 Å². The lowest BCUT2D eigenvalue weighted by atomic mass is 10.0. The van der Waals surface area contributed by atoms with Gasteiger partial charge in [-0.2, -0.15) is 10.2 Å². The van der Waals surface area contributed by atoms with Gasteiger partial charge in [0.15, 0.2) is 0 Å². The van der Waals surface area contributed by atoms with Crippen LogP contribution in [0.1, 0.15) is 37.2 Å². The van der Waals surface area contributed by atoms with E-state index >= 15 is 0 Å². The summed E-state index contributed by atoms with van der Waals surface area (Å²) in [4.78, 5) is 0. The van der Waals surface area contributed by atoms with Crippen LogP contribution in [0.2, 0.25) is 0 Å². The molecule has 0 saturated carbocycles. The van der Waals surface area contributed by atoms with Crippen molar-refractivity contribution in [3.05, 3.63) is 54.1 Å². The van der Waals surface area contributed by atoms with Crippen LogP contribution in [0.3, 0.4) is 0 Å². The lowest BCUT2D eigenvalue weighted by molar-refractivity contribution is 0.523. The lowest BCUT2D eigenvalue weighted by Crippen LogP contribution is -2.14. The van der Waals surface area contributed by atoms with E-state index in [-0.39, 0.29) is 6.04 Å². The largest absolute Gasteiger partial charge is 0.324 e. The molecule has 0 spiro atoms. The molecule has 5 heteroatoms. The van der Waals surface area contributed by atoms with Gasteiger partial charge in [-0.05, 0) is 32.0 Å². The zero-order chi connectivity index (χ0) is 14.1. The molecule has 0 aromatic carbocycles. The Morgan fingerprint density at radius 1 is 1.20 bits per heavy atom. The average molecular weight is 269 g/mol. The van der Waals surface area contributed by atoms with Crippen LogP contribution in [-0.2, 0) is 6.42 Å². The van der Waals surface area contributed by atoms with Crippen molar-refractivity contribution in [3.8, 4) is 0 Å². The molecule has 0 amide bonds. The maximum absolute atomic E-state index is 6.32. The summed E-state index contributed by atoms with van der Waals surface area (Å²) >= 11 is 0. The van der Waals surface area contributed by atoms with Crippen LogP contribution in [0.25, 0.3) is 5.52 Å². The Balaban J connectivity index is 1.83. The fourth-order valence-electron chi connectivity index (χ4n) is 2.35. The topological polar surface area (TPSA) is 61.1 Å². The first kappa shape index (κ1) is 12.9. The summed E-state index contributed by atoms with van der Waals surface area (Å²) in [5.74, 6) is 0. The van der Waals surface area contributed by atoms with E-state index in [0.29, 0.717) is 6.04 Å². The van der Waals surface area contributed by atoms with Gasteiger partial charge in [0, 0.05) is 36.5 Å². The van der Waals surface area contributed by atoms with Gasteiger partial charge in [0.25, 0.3) is 0 Å². The summed E-state index contributed by atoms with van der Waals surface area (Å²) in [5, 5.41) is 8.87. The van der Waals surface area contributed by atoms with Crippen molar-refractivity contribution in [2.45, 2.75) is 32.4 Å². The van der Waals surface area contributed by atoms with E-state index in [1.807, 2.05) is 52.1 Å². The van der Waals surface area contributed by atoms with E-state index in [1.165, 1.54) is 0 Å². The maximum Gasteiger partial charge on any atom is 0.0709 e. The van der Waals surface area contributed by atoms with Gasteiger partial charge < -0.3 is 5.73 Å². The summed E-state index contributed by atoms with van der Waals surface area (Å²) < 4.78 is 3.81. The molecule has 104 valence electrons. The monoisotopic (exact) mass is 269 g/mol. The average Bonchev–Trinajstić information content (AvgIpc) is 3.04.